The molecule has 7 N–H and O–H groups in total. The van der Waals surface area contributed by atoms with Gasteiger partial charge in [0.15, 0.2) is 6.29 Å². The molecule has 0 aromatic rings. The molecule has 0 unspecified atom stereocenters. The average Bonchev–Trinajstić information content (AvgIpc) is 2.83. The summed E-state index contributed by atoms with van der Waals surface area (Å²) in [4.78, 5) is 0. The maximum absolute atomic E-state index is 9.99. The van der Waals surface area contributed by atoms with E-state index in [9.17, 15) is 25.5 Å². The molecule has 0 aromatic heterocycles. The lowest BCUT2D eigenvalue weighted by Gasteiger charge is -2.41. The van der Waals surface area contributed by atoms with Crippen molar-refractivity contribution in [1.29, 1.82) is 0 Å². The van der Waals surface area contributed by atoms with E-state index >= 15 is 0 Å². The van der Waals surface area contributed by atoms with Crippen LogP contribution in [0.3, 0.4) is 0 Å². The molecule has 9 atom stereocenters. The van der Waals surface area contributed by atoms with Crippen LogP contribution in [0.15, 0.2) is 0 Å². The average molecular weight is 326 g/mol. The molecule has 0 radical (unpaired) electrons. The quantitative estimate of drug-likeness (QED) is 0.260. The smallest absolute Gasteiger partial charge is 0.187 e. The van der Waals surface area contributed by atoms with E-state index in [0.29, 0.717) is 0 Å². The van der Waals surface area contributed by atoms with Gasteiger partial charge >= 0.3 is 0 Å². The molecule has 0 saturated carbocycles. The molecule has 2 aliphatic heterocycles. The zero-order valence-corrected chi connectivity index (χ0v) is 11.7. The van der Waals surface area contributed by atoms with E-state index in [1.165, 1.54) is 0 Å². The fourth-order valence-electron chi connectivity index (χ4n) is 2.61. The Morgan fingerprint density at radius 1 is 0.636 bits per heavy atom. The van der Waals surface area contributed by atoms with Crippen molar-refractivity contribution in [2.45, 2.75) is 55.1 Å². The monoisotopic (exact) mass is 326 g/mol. The number of rotatable bonds is 5. The number of ether oxygens (including phenoxy) is 3. The van der Waals surface area contributed by atoms with Crippen molar-refractivity contribution in [2.24, 2.45) is 0 Å². The van der Waals surface area contributed by atoms with Gasteiger partial charge in [0.2, 0.25) is 0 Å². The standard InChI is InChI=1S/C12H22O10/c13-1-4-7(16)9(18)10(19)12(21-4)22-11-6(3-15)20-5(2-14)8(11)17/h4-19H,1-3H2/t4-,5+,6+,7+,8+,9-,10+,11+,12-/m0/s1. The molecule has 2 fully saturated rings. The summed E-state index contributed by atoms with van der Waals surface area (Å²) in [6.07, 6.45) is -11.7. The van der Waals surface area contributed by atoms with Gasteiger partial charge in [-0.3, -0.25) is 0 Å². The summed E-state index contributed by atoms with van der Waals surface area (Å²) in [5, 5.41) is 66.6. The van der Waals surface area contributed by atoms with Crippen molar-refractivity contribution in [3.8, 4) is 0 Å². The summed E-state index contributed by atoms with van der Waals surface area (Å²) in [6.45, 7) is -1.61. The van der Waals surface area contributed by atoms with Gasteiger partial charge in [-0.05, 0) is 0 Å². The van der Waals surface area contributed by atoms with Crippen LogP contribution in [0.25, 0.3) is 0 Å². The molecule has 2 rings (SSSR count). The molecular weight excluding hydrogens is 304 g/mol. The fourth-order valence-corrected chi connectivity index (χ4v) is 2.61. The highest BCUT2D eigenvalue weighted by Crippen LogP contribution is 2.29. The largest absolute Gasteiger partial charge is 0.394 e. The fraction of sp³-hybridized carbons (Fsp3) is 1.00. The summed E-state index contributed by atoms with van der Waals surface area (Å²) in [7, 11) is 0. The van der Waals surface area contributed by atoms with Crippen LogP contribution in [0.1, 0.15) is 0 Å². The van der Waals surface area contributed by atoms with Gasteiger partial charge in [0.1, 0.15) is 48.8 Å². The second-order valence-corrected chi connectivity index (χ2v) is 5.37. The van der Waals surface area contributed by atoms with Gasteiger partial charge in [0, 0.05) is 0 Å². The molecule has 0 amide bonds. The van der Waals surface area contributed by atoms with Crippen molar-refractivity contribution < 1.29 is 50.0 Å². The molecule has 2 aliphatic rings. The Labute approximate surface area is 126 Å². The minimum absolute atomic E-state index is 0.494. The Morgan fingerprint density at radius 2 is 1.18 bits per heavy atom. The van der Waals surface area contributed by atoms with Gasteiger partial charge in [0.05, 0.1) is 19.8 Å². The molecular formula is C12H22O10. The molecule has 0 spiro atoms. The summed E-state index contributed by atoms with van der Waals surface area (Å²) >= 11 is 0. The third kappa shape index (κ3) is 3.26. The lowest BCUT2D eigenvalue weighted by molar-refractivity contribution is -0.318. The first-order chi connectivity index (χ1) is 10.4. The molecule has 10 heteroatoms. The first-order valence-corrected chi connectivity index (χ1v) is 6.95. The van der Waals surface area contributed by atoms with Crippen LogP contribution in [-0.2, 0) is 14.2 Å². The van der Waals surface area contributed by atoms with Crippen LogP contribution in [0.5, 0.6) is 0 Å². The van der Waals surface area contributed by atoms with E-state index in [1.807, 2.05) is 0 Å². The highest BCUT2D eigenvalue weighted by Gasteiger charge is 2.50. The Hall–Kier alpha value is -0.400. The van der Waals surface area contributed by atoms with Crippen LogP contribution in [0, 0.1) is 0 Å². The third-order valence-corrected chi connectivity index (χ3v) is 3.93. The number of hydrogen-bond acceptors (Lipinski definition) is 10. The van der Waals surface area contributed by atoms with Crippen molar-refractivity contribution in [1.82, 2.24) is 0 Å². The minimum Gasteiger partial charge on any atom is -0.394 e. The highest BCUT2D eigenvalue weighted by atomic mass is 16.7. The van der Waals surface area contributed by atoms with E-state index < -0.39 is 74.9 Å². The topological polar surface area (TPSA) is 169 Å². The summed E-state index contributed by atoms with van der Waals surface area (Å²) in [5.74, 6) is 0. The molecule has 2 heterocycles. The van der Waals surface area contributed by atoms with Gasteiger partial charge in [-0.25, -0.2) is 0 Å². The molecule has 2 saturated heterocycles. The first kappa shape index (κ1) is 17.9. The minimum atomic E-state index is -1.63. The van der Waals surface area contributed by atoms with E-state index in [0.717, 1.165) is 0 Å². The molecule has 0 bridgehead atoms. The number of aliphatic hydroxyl groups excluding tert-OH is 7. The maximum Gasteiger partial charge on any atom is 0.187 e. The van der Waals surface area contributed by atoms with Crippen LogP contribution in [-0.4, -0.2) is 111 Å². The van der Waals surface area contributed by atoms with Gasteiger partial charge in [-0.1, -0.05) is 0 Å². The second kappa shape index (κ2) is 7.45. The summed E-state index contributed by atoms with van der Waals surface area (Å²) in [6, 6.07) is 0. The van der Waals surface area contributed by atoms with Gasteiger partial charge < -0.3 is 50.0 Å². The van der Waals surface area contributed by atoms with E-state index in [2.05, 4.69) is 0 Å². The second-order valence-electron chi connectivity index (χ2n) is 5.37. The molecule has 22 heavy (non-hydrogen) atoms. The van der Waals surface area contributed by atoms with Gasteiger partial charge in [-0.15, -0.1) is 0 Å². The van der Waals surface area contributed by atoms with Gasteiger partial charge in [0.25, 0.3) is 0 Å². The maximum atomic E-state index is 9.99. The van der Waals surface area contributed by atoms with E-state index in [4.69, 9.17) is 24.4 Å². The lowest BCUT2D eigenvalue weighted by atomic mass is 9.99. The van der Waals surface area contributed by atoms with Crippen LogP contribution < -0.4 is 0 Å². The Bertz CT molecular complexity index is 351. The zero-order valence-electron chi connectivity index (χ0n) is 11.7. The van der Waals surface area contributed by atoms with Gasteiger partial charge in [-0.2, -0.15) is 0 Å². The predicted octanol–water partition coefficient (Wildman–Crippen LogP) is -4.72. The Morgan fingerprint density at radius 3 is 1.73 bits per heavy atom. The summed E-state index contributed by atoms with van der Waals surface area (Å²) < 4.78 is 15.7. The lowest BCUT2D eigenvalue weighted by Crippen LogP contribution is -2.60. The SMILES string of the molecule is OC[C@@H]1O[C@@H](O[C@H]2[C@H](O)[C@@H](CO)O[C@@H]2CO)[C@H](O)[C@@H](O)[C@@H]1O. The Balaban J connectivity index is 2.07. The van der Waals surface area contributed by atoms with Crippen LogP contribution in [0.4, 0.5) is 0 Å². The van der Waals surface area contributed by atoms with E-state index in [1.54, 1.807) is 0 Å². The zero-order chi connectivity index (χ0) is 16.4. The van der Waals surface area contributed by atoms with Crippen molar-refractivity contribution in [3.63, 3.8) is 0 Å². The van der Waals surface area contributed by atoms with Crippen molar-refractivity contribution in [3.05, 3.63) is 0 Å². The van der Waals surface area contributed by atoms with Crippen LogP contribution >= 0.6 is 0 Å². The molecule has 130 valence electrons. The van der Waals surface area contributed by atoms with E-state index in [-0.39, 0.29) is 0 Å². The molecule has 10 nitrogen and oxygen atoms in total. The van der Waals surface area contributed by atoms with Crippen LogP contribution in [0.2, 0.25) is 0 Å². The predicted molar refractivity (Wildman–Crippen MR) is 67.5 cm³/mol. The first-order valence-electron chi connectivity index (χ1n) is 6.95. The van der Waals surface area contributed by atoms with Crippen molar-refractivity contribution >= 4 is 0 Å². The molecule has 0 aliphatic carbocycles. The molecule has 0 aromatic carbocycles. The Kier molecular flexibility index (Phi) is 6.07. The highest BCUT2D eigenvalue weighted by molar-refractivity contribution is 4.94. The third-order valence-electron chi connectivity index (χ3n) is 3.93. The number of aliphatic hydroxyl groups is 7. The summed E-state index contributed by atoms with van der Waals surface area (Å²) in [5.41, 5.74) is 0. The van der Waals surface area contributed by atoms with Crippen molar-refractivity contribution in [2.75, 3.05) is 19.8 Å². The number of hydrogen-bond donors (Lipinski definition) is 7. The normalized spacial score (nSPS) is 49.5.